The summed E-state index contributed by atoms with van der Waals surface area (Å²) in [5, 5.41) is 15.9. The van der Waals surface area contributed by atoms with Crippen molar-refractivity contribution in [3.05, 3.63) is 97.3 Å². The first-order valence-electron chi connectivity index (χ1n) is 13.8. The Bertz CT molecular complexity index is 1830. The Kier molecular flexibility index (Phi) is 6.72. The molecule has 0 amide bonds. The third kappa shape index (κ3) is 4.28. The average Bonchev–Trinajstić information content (AvgIpc) is 3.35. The highest BCUT2D eigenvalue weighted by Crippen LogP contribution is 2.44. The minimum atomic E-state index is -1.76. The second-order valence-electron chi connectivity index (χ2n) is 10.4. The maximum absolute atomic E-state index is 13.8. The van der Waals surface area contributed by atoms with Crippen LogP contribution < -0.4 is 10.9 Å². The number of nitro benzene ring substituents is 1. The second kappa shape index (κ2) is 10.4. The van der Waals surface area contributed by atoms with Crippen LogP contribution in [0, 0.1) is 10.1 Å². The number of nitro groups is 1. The van der Waals surface area contributed by atoms with Crippen LogP contribution in [0.5, 0.6) is 0 Å². The van der Waals surface area contributed by atoms with Crippen molar-refractivity contribution in [2.45, 2.75) is 51.9 Å². The van der Waals surface area contributed by atoms with Crippen molar-refractivity contribution in [3.8, 4) is 11.4 Å². The van der Waals surface area contributed by atoms with Gasteiger partial charge in [-0.15, -0.1) is 0 Å². The highest BCUT2D eigenvalue weighted by Gasteiger charge is 2.50. The molecular weight excluding hydrogens is 540 g/mol. The number of nitrogens with one attached hydrogen (secondary N) is 1. The third-order valence-corrected chi connectivity index (χ3v) is 7.96. The highest BCUT2D eigenvalue weighted by molar-refractivity contribution is 6.03. The lowest BCUT2D eigenvalue weighted by Gasteiger charge is -2.35. The monoisotopic (exact) mass is 568 g/mol. The number of benzene rings is 2. The van der Waals surface area contributed by atoms with Gasteiger partial charge in [0.15, 0.2) is 0 Å². The number of carbonyl (C=O) groups is 2. The number of nitrogens with zero attached hydrogens (tertiary/aromatic N) is 3. The van der Waals surface area contributed by atoms with E-state index in [-0.39, 0.29) is 36.4 Å². The molecule has 4 aromatic rings. The van der Waals surface area contributed by atoms with Crippen molar-refractivity contribution in [2.75, 3.05) is 11.9 Å². The molecule has 2 aliphatic heterocycles. The quantitative estimate of drug-likeness (QED) is 0.123. The lowest BCUT2D eigenvalue weighted by Crippen LogP contribution is -2.47. The number of hydrogen-bond acceptors (Lipinski definition) is 9. The van der Waals surface area contributed by atoms with Gasteiger partial charge >= 0.3 is 11.9 Å². The lowest BCUT2D eigenvalue weighted by molar-refractivity contribution is -0.383. The molecule has 2 aromatic heterocycles. The number of ether oxygens (including phenoxy) is 2. The van der Waals surface area contributed by atoms with Crippen LogP contribution in [0.4, 0.5) is 11.4 Å². The molecule has 0 aliphatic carbocycles. The molecule has 0 radical (unpaired) electrons. The molecule has 1 atom stereocenters. The second-order valence-corrected chi connectivity index (χ2v) is 10.4. The topological polar surface area (TPSA) is 143 Å². The SMILES string of the molecule is CC[C@@]1(OC(C)=O)C(=O)OCc2c1cc1n(c2=O)Cc2c-1nc1cccc([N+](=O)[O-])c1c2NCCCc1ccccc1. The molecule has 0 saturated carbocycles. The minimum Gasteiger partial charge on any atom is -0.457 e. The van der Waals surface area contributed by atoms with E-state index in [1.807, 2.05) is 18.2 Å². The van der Waals surface area contributed by atoms with Gasteiger partial charge in [-0.3, -0.25) is 19.7 Å². The van der Waals surface area contributed by atoms with Crippen molar-refractivity contribution in [1.29, 1.82) is 0 Å². The molecule has 0 saturated heterocycles. The first-order valence-corrected chi connectivity index (χ1v) is 13.8. The number of pyridine rings is 2. The van der Waals surface area contributed by atoms with Crippen molar-refractivity contribution in [1.82, 2.24) is 9.55 Å². The van der Waals surface area contributed by atoms with E-state index in [0.29, 0.717) is 40.1 Å². The fourth-order valence-electron chi connectivity index (χ4n) is 6.01. The molecule has 11 nitrogen and oxygen atoms in total. The normalized spacial score (nSPS) is 16.8. The Balaban J connectivity index is 1.50. The maximum Gasteiger partial charge on any atom is 0.355 e. The zero-order valence-corrected chi connectivity index (χ0v) is 23.1. The number of rotatable bonds is 8. The van der Waals surface area contributed by atoms with Gasteiger partial charge < -0.3 is 19.4 Å². The average molecular weight is 569 g/mol. The molecule has 11 heteroatoms. The van der Waals surface area contributed by atoms with Gasteiger partial charge in [0.05, 0.1) is 39.6 Å². The fourth-order valence-corrected chi connectivity index (χ4v) is 6.01. The molecule has 42 heavy (non-hydrogen) atoms. The van der Waals surface area contributed by atoms with Crippen molar-refractivity contribution < 1.29 is 24.0 Å². The first kappa shape index (κ1) is 27.1. The van der Waals surface area contributed by atoms with Gasteiger partial charge in [-0.25, -0.2) is 9.78 Å². The van der Waals surface area contributed by atoms with Crippen LogP contribution in [-0.2, 0) is 44.2 Å². The molecule has 0 spiro atoms. The number of non-ortho nitro benzene ring substituents is 1. The number of aromatic nitrogens is 2. The van der Waals surface area contributed by atoms with Crippen molar-refractivity contribution in [3.63, 3.8) is 0 Å². The Morgan fingerprint density at radius 2 is 1.95 bits per heavy atom. The third-order valence-electron chi connectivity index (χ3n) is 7.96. The zero-order chi connectivity index (χ0) is 29.6. The van der Waals surface area contributed by atoms with Crippen LogP contribution in [0.1, 0.15) is 48.9 Å². The van der Waals surface area contributed by atoms with E-state index < -0.39 is 28.0 Å². The Morgan fingerprint density at radius 1 is 1.17 bits per heavy atom. The lowest BCUT2D eigenvalue weighted by atomic mass is 9.85. The van der Waals surface area contributed by atoms with Gasteiger partial charge in [-0.2, -0.15) is 0 Å². The van der Waals surface area contributed by atoms with Crippen LogP contribution in [0.2, 0.25) is 0 Å². The predicted octanol–water partition coefficient (Wildman–Crippen LogP) is 4.60. The molecular formula is C31H28N4O7. The number of anilines is 1. The number of aryl methyl sites for hydroxylation is 1. The molecule has 2 aromatic carbocycles. The van der Waals surface area contributed by atoms with Gasteiger partial charge in [-0.05, 0) is 37.0 Å². The number of esters is 2. The van der Waals surface area contributed by atoms with E-state index >= 15 is 0 Å². The van der Waals surface area contributed by atoms with Gasteiger partial charge in [0, 0.05) is 30.7 Å². The molecule has 6 rings (SSSR count). The summed E-state index contributed by atoms with van der Waals surface area (Å²) < 4.78 is 12.4. The van der Waals surface area contributed by atoms with E-state index in [0.717, 1.165) is 12.8 Å². The fraction of sp³-hybridized carbons (Fsp3) is 0.290. The summed E-state index contributed by atoms with van der Waals surface area (Å²) in [6, 6.07) is 16.4. The van der Waals surface area contributed by atoms with E-state index in [2.05, 4.69) is 17.4 Å². The number of fused-ring (bicyclic) bond motifs is 5. The number of hydrogen-bond donors (Lipinski definition) is 1. The Hall–Kier alpha value is -5.06. The molecule has 0 bridgehead atoms. The van der Waals surface area contributed by atoms with Gasteiger partial charge in [0.2, 0.25) is 5.60 Å². The van der Waals surface area contributed by atoms with Crippen LogP contribution in [0.3, 0.4) is 0 Å². The van der Waals surface area contributed by atoms with Crippen LogP contribution in [-0.4, -0.2) is 33.0 Å². The Labute approximate surface area is 240 Å². The van der Waals surface area contributed by atoms with E-state index in [1.165, 1.54) is 23.1 Å². The van der Waals surface area contributed by atoms with E-state index in [4.69, 9.17) is 14.5 Å². The van der Waals surface area contributed by atoms with Gasteiger partial charge in [0.1, 0.15) is 12.0 Å². The highest BCUT2D eigenvalue weighted by atomic mass is 16.6. The van der Waals surface area contributed by atoms with Crippen LogP contribution >= 0.6 is 0 Å². The summed E-state index contributed by atoms with van der Waals surface area (Å²) in [6.07, 6.45) is 1.65. The smallest absolute Gasteiger partial charge is 0.355 e. The summed E-state index contributed by atoms with van der Waals surface area (Å²) in [4.78, 5) is 55.3. The van der Waals surface area contributed by atoms with Crippen LogP contribution in [0.15, 0.2) is 59.4 Å². The molecule has 1 N–H and O–H groups in total. The summed E-state index contributed by atoms with van der Waals surface area (Å²) in [5.74, 6) is -1.42. The molecule has 2 aliphatic rings. The van der Waals surface area contributed by atoms with E-state index in [9.17, 15) is 24.5 Å². The van der Waals surface area contributed by atoms with Crippen molar-refractivity contribution >= 4 is 34.2 Å². The summed E-state index contributed by atoms with van der Waals surface area (Å²) in [6.45, 7) is 3.28. The molecule has 0 unspecified atom stereocenters. The number of carbonyl (C=O) groups excluding carboxylic acids is 2. The largest absolute Gasteiger partial charge is 0.457 e. The maximum atomic E-state index is 13.8. The van der Waals surface area contributed by atoms with Crippen molar-refractivity contribution in [2.24, 2.45) is 0 Å². The van der Waals surface area contributed by atoms with Gasteiger partial charge in [-0.1, -0.05) is 43.3 Å². The predicted molar refractivity (Wildman–Crippen MR) is 154 cm³/mol. The summed E-state index contributed by atoms with van der Waals surface area (Å²) in [7, 11) is 0. The summed E-state index contributed by atoms with van der Waals surface area (Å²) >= 11 is 0. The first-order chi connectivity index (χ1) is 20.2. The van der Waals surface area contributed by atoms with Gasteiger partial charge in [0.25, 0.3) is 11.2 Å². The van der Waals surface area contributed by atoms with E-state index in [1.54, 1.807) is 25.1 Å². The van der Waals surface area contributed by atoms with Crippen LogP contribution in [0.25, 0.3) is 22.3 Å². The molecule has 4 heterocycles. The molecule has 0 fully saturated rings. The minimum absolute atomic E-state index is 0.0692. The number of cyclic esters (lactones) is 1. The Morgan fingerprint density at radius 3 is 2.67 bits per heavy atom. The zero-order valence-electron chi connectivity index (χ0n) is 23.1. The standard InChI is InChI=1S/C31H28N4O7/c1-3-31(42-18(2)36)22-15-25-27-20(16-34(25)29(37)21(22)17-41-30(31)38)28(32-14-8-11-19-9-5-4-6-10-19)26-23(33-27)12-7-13-24(26)35(39)40/h4-7,9-10,12-13,15H,3,8,11,14,16-17H2,1-2H3,(H,32,33)/t31-/m0/s1. The molecule has 214 valence electrons. The summed E-state index contributed by atoms with van der Waals surface area (Å²) in [5.41, 5.74) is 1.93.